The molecule has 5 rings (SSSR count). The van der Waals surface area contributed by atoms with Crippen molar-refractivity contribution in [2.45, 2.75) is 70.9 Å². The average Bonchev–Trinajstić information content (AvgIpc) is 3.76. The SMILES string of the molecule is CN(C)CCNC(=O)c1nc(NC(=O)N[C@H]2CC[C@@H](Oc3ccc(=N)n(C(=N)C4(C)CC4)c3)c3ccccc32)cc(C(C)(C)C)n1. The Morgan fingerprint density at radius 1 is 1.09 bits per heavy atom. The highest BCUT2D eigenvalue weighted by atomic mass is 16.5. The van der Waals surface area contributed by atoms with Crippen LogP contribution in [0.1, 0.15) is 93.0 Å². The minimum Gasteiger partial charge on any atom is -0.484 e. The first kappa shape index (κ1) is 32.8. The van der Waals surface area contributed by atoms with Crippen LogP contribution >= 0.6 is 0 Å². The zero-order valence-corrected chi connectivity index (χ0v) is 27.5. The van der Waals surface area contributed by atoms with E-state index in [-0.39, 0.29) is 40.1 Å². The maximum absolute atomic E-state index is 13.3. The fourth-order valence-corrected chi connectivity index (χ4v) is 5.42. The van der Waals surface area contributed by atoms with Crippen LogP contribution in [0.3, 0.4) is 0 Å². The van der Waals surface area contributed by atoms with E-state index in [1.807, 2.05) is 71.0 Å². The van der Waals surface area contributed by atoms with Crippen molar-refractivity contribution >= 4 is 23.6 Å². The number of carbonyl (C=O) groups is 2. The van der Waals surface area contributed by atoms with E-state index >= 15 is 0 Å². The number of pyridine rings is 1. The second kappa shape index (κ2) is 13.0. The van der Waals surface area contributed by atoms with Crippen molar-refractivity contribution in [2.75, 3.05) is 32.5 Å². The lowest BCUT2D eigenvalue weighted by Crippen LogP contribution is -2.36. The average molecular weight is 628 g/mol. The number of nitrogens with zero attached hydrogens (tertiary/aromatic N) is 4. The molecule has 2 atom stereocenters. The molecule has 3 amide bonds. The predicted molar refractivity (Wildman–Crippen MR) is 176 cm³/mol. The van der Waals surface area contributed by atoms with E-state index in [9.17, 15) is 9.59 Å². The summed E-state index contributed by atoms with van der Waals surface area (Å²) >= 11 is 0. The van der Waals surface area contributed by atoms with Crippen molar-refractivity contribution in [3.63, 3.8) is 0 Å². The fourth-order valence-electron chi connectivity index (χ4n) is 5.42. The van der Waals surface area contributed by atoms with E-state index in [1.165, 1.54) is 0 Å². The fraction of sp³-hybridized carbons (Fsp3) is 0.471. The number of aromatic nitrogens is 3. The van der Waals surface area contributed by atoms with Gasteiger partial charge in [0.1, 0.15) is 29.0 Å². The number of fused-ring (bicyclic) bond motifs is 1. The number of urea groups is 1. The van der Waals surface area contributed by atoms with Gasteiger partial charge in [0.05, 0.1) is 17.9 Å². The van der Waals surface area contributed by atoms with Crippen LogP contribution in [-0.2, 0) is 5.41 Å². The summed E-state index contributed by atoms with van der Waals surface area (Å²) in [5, 5.41) is 25.7. The number of likely N-dealkylation sites (N-methyl/N-ethyl adjacent to an activating group) is 1. The predicted octanol–water partition coefficient (Wildman–Crippen LogP) is 4.75. The van der Waals surface area contributed by atoms with Gasteiger partial charge in [-0.3, -0.25) is 25.5 Å². The summed E-state index contributed by atoms with van der Waals surface area (Å²) in [5.74, 6) is 0.861. The summed E-state index contributed by atoms with van der Waals surface area (Å²) in [4.78, 5) is 37.0. The number of benzene rings is 1. The second-order valence-electron chi connectivity index (χ2n) is 13.8. The van der Waals surface area contributed by atoms with Gasteiger partial charge in [0.2, 0.25) is 5.82 Å². The Morgan fingerprint density at radius 3 is 2.48 bits per heavy atom. The highest BCUT2D eigenvalue weighted by molar-refractivity contribution is 5.92. The summed E-state index contributed by atoms with van der Waals surface area (Å²) in [6, 6.07) is 12.3. The first-order valence-electron chi connectivity index (χ1n) is 15.8. The van der Waals surface area contributed by atoms with Gasteiger partial charge in [0.15, 0.2) is 0 Å². The van der Waals surface area contributed by atoms with Gasteiger partial charge in [-0.25, -0.2) is 14.8 Å². The van der Waals surface area contributed by atoms with Crippen LogP contribution in [0.15, 0.2) is 48.7 Å². The summed E-state index contributed by atoms with van der Waals surface area (Å²) in [6.07, 6.45) is 4.67. The van der Waals surface area contributed by atoms with Gasteiger partial charge in [-0.2, -0.15) is 0 Å². The number of hydrogen-bond donors (Lipinski definition) is 5. The molecule has 46 heavy (non-hydrogen) atoms. The molecule has 0 unspecified atom stereocenters. The molecule has 3 aromatic rings. The molecule has 2 heterocycles. The number of amides is 3. The topological polar surface area (TPSA) is 161 Å². The highest BCUT2D eigenvalue weighted by Crippen LogP contribution is 2.46. The van der Waals surface area contributed by atoms with Crippen LogP contribution in [0.5, 0.6) is 5.75 Å². The number of rotatable bonds is 9. The maximum Gasteiger partial charge on any atom is 0.320 e. The summed E-state index contributed by atoms with van der Waals surface area (Å²) in [5.41, 5.74) is 2.26. The van der Waals surface area contributed by atoms with Gasteiger partial charge in [0.25, 0.3) is 5.91 Å². The molecular formula is C34H45N9O3. The van der Waals surface area contributed by atoms with Crippen LogP contribution in [0.2, 0.25) is 0 Å². The molecule has 0 bridgehead atoms. The van der Waals surface area contributed by atoms with Crippen molar-refractivity contribution < 1.29 is 14.3 Å². The van der Waals surface area contributed by atoms with E-state index < -0.39 is 11.9 Å². The van der Waals surface area contributed by atoms with E-state index in [4.69, 9.17) is 15.6 Å². The molecule has 0 spiro atoms. The molecule has 0 radical (unpaired) electrons. The Bertz CT molecular complexity index is 1690. The molecule has 2 aromatic heterocycles. The van der Waals surface area contributed by atoms with E-state index in [0.29, 0.717) is 43.2 Å². The third kappa shape index (κ3) is 7.61. The third-order valence-corrected chi connectivity index (χ3v) is 8.54. The first-order valence-corrected chi connectivity index (χ1v) is 15.8. The molecule has 244 valence electrons. The Kier molecular flexibility index (Phi) is 9.29. The van der Waals surface area contributed by atoms with E-state index in [2.05, 4.69) is 25.9 Å². The van der Waals surface area contributed by atoms with Crippen molar-refractivity contribution in [3.8, 4) is 5.75 Å². The molecule has 5 N–H and O–H groups in total. The lowest BCUT2D eigenvalue weighted by molar-refractivity contribution is 0.0940. The second-order valence-corrected chi connectivity index (χ2v) is 13.8. The maximum atomic E-state index is 13.3. The van der Waals surface area contributed by atoms with Crippen LogP contribution in [0.25, 0.3) is 0 Å². The molecule has 1 aromatic carbocycles. The van der Waals surface area contributed by atoms with Gasteiger partial charge >= 0.3 is 6.03 Å². The Morgan fingerprint density at radius 2 is 1.80 bits per heavy atom. The van der Waals surface area contributed by atoms with E-state index in [1.54, 1.807) is 29.0 Å². The van der Waals surface area contributed by atoms with Crippen molar-refractivity contribution in [1.29, 1.82) is 10.8 Å². The largest absolute Gasteiger partial charge is 0.484 e. The number of carbonyl (C=O) groups excluding carboxylic acids is 2. The monoisotopic (exact) mass is 627 g/mol. The Hall–Kier alpha value is -4.58. The summed E-state index contributed by atoms with van der Waals surface area (Å²) < 4.78 is 8.04. The van der Waals surface area contributed by atoms with Gasteiger partial charge < -0.3 is 20.3 Å². The molecule has 1 fully saturated rings. The van der Waals surface area contributed by atoms with Crippen molar-refractivity contribution in [3.05, 3.63) is 76.8 Å². The summed E-state index contributed by atoms with van der Waals surface area (Å²) in [7, 11) is 3.86. The van der Waals surface area contributed by atoms with Gasteiger partial charge in [-0.05, 0) is 63.0 Å². The smallest absolute Gasteiger partial charge is 0.320 e. The first-order chi connectivity index (χ1) is 21.7. The number of anilines is 1. The molecule has 0 saturated heterocycles. The lowest BCUT2D eigenvalue weighted by Gasteiger charge is -2.32. The normalized spacial score (nSPS) is 18.3. The molecular weight excluding hydrogens is 582 g/mol. The highest BCUT2D eigenvalue weighted by Gasteiger charge is 2.43. The number of ether oxygens (including phenoxy) is 1. The van der Waals surface area contributed by atoms with Gasteiger partial charge in [-0.1, -0.05) is 52.0 Å². The Labute approximate surface area is 270 Å². The molecule has 1 saturated carbocycles. The van der Waals surface area contributed by atoms with Crippen LogP contribution < -0.4 is 26.2 Å². The quantitative estimate of drug-likeness (QED) is 0.170. The molecule has 12 nitrogen and oxygen atoms in total. The molecule has 2 aliphatic rings. The van der Waals surface area contributed by atoms with Gasteiger partial charge in [-0.15, -0.1) is 0 Å². The minimum absolute atomic E-state index is 0.00521. The van der Waals surface area contributed by atoms with Crippen LogP contribution in [-0.4, -0.2) is 64.4 Å². The van der Waals surface area contributed by atoms with Gasteiger partial charge in [0, 0.05) is 30.0 Å². The summed E-state index contributed by atoms with van der Waals surface area (Å²) in [6.45, 7) is 9.14. The lowest BCUT2D eigenvalue weighted by atomic mass is 9.85. The van der Waals surface area contributed by atoms with Crippen LogP contribution in [0, 0.1) is 16.2 Å². The zero-order valence-electron chi connectivity index (χ0n) is 27.5. The molecule has 12 heteroatoms. The molecule has 0 aliphatic heterocycles. The standard InChI is InChI=1S/C34H45N9O3/c1-33(2,3)26-19-28(40-29(39-26)30(44)37-17-18-42(5)6)41-32(45)38-24-12-13-25(23-10-8-7-9-22(23)24)46-21-11-14-27(35)43(20-21)31(36)34(4)15-16-34/h7-11,14,19-20,24-25,35-36H,12-13,15-18H2,1-6H3,(H,37,44)(H2,38,39,40,41,45)/t24-,25+/m0/s1. The Balaban J connectivity index is 1.29. The third-order valence-electron chi connectivity index (χ3n) is 8.54. The van der Waals surface area contributed by atoms with Crippen LogP contribution in [0.4, 0.5) is 10.6 Å². The number of nitrogens with one attached hydrogen (secondary N) is 5. The van der Waals surface area contributed by atoms with Crippen molar-refractivity contribution in [1.82, 2.24) is 30.1 Å². The number of hydrogen-bond acceptors (Lipinski definition) is 8. The van der Waals surface area contributed by atoms with Crippen molar-refractivity contribution in [2.24, 2.45) is 5.41 Å². The van der Waals surface area contributed by atoms with E-state index in [0.717, 1.165) is 24.0 Å². The minimum atomic E-state index is -0.434. The zero-order chi connectivity index (χ0) is 33.2. The molecule has 2 aliphatic carbocycles.